The Morgan fingerprint density at radius 3 is 2.36 bits per heavy atom. The van der Waals surface area contributed by atoms with Gasteiger partial charge in [0.2, 0.25) is 5.95 Å². The highest BCUT2D eigenvalue weighted by Crippen LogP contribution is 2.30. The lowest BCUT2D eigenvalue weighted by molar-refractivity contribution is 0.592. The lowest BCUT2D eigenvalue weighted by Crippen LogP contribution is -2.15. The Balaban J connectivity index is 2.34. The van der Waals surface area contributed by atoms with Gasteiger partial charge in [-0.3, -0.25) is 0 Å². The molecule has 0 radical (unpaired) electrons. The van der Waals surface area contributed by atoms with Gasteiger partial charge in [0.1, 0.15) is 5.82 Å². The van der Waals surface area contributed by atoms with Crippen molar-refractivity contribution < 1.29 is 0 Å². The molecule has 0 fully saturated rings. The molecule has 4 heteroatoms. The number of para-hydroxylation sites is 1. The van der Waals surface area contributed by atoms with Crippen molar-refractivity contribution in [1.29, 1.82) is 0 Å². The highest BCUT2D eigenvalue weighted by Gasteiger charge is 2.18. The third kappa shape index (κ3) is 4.20. The maximum absolute atomic E-state index is 4.56. The van der Waals surface area contributed by atoms with Gasteiger partial charge in [-0.2, -0.15) is 4.98 Å². The number of hydrogen-bond donors (Lipinski definition) is 2. The molecule has 0 bridgehead atoms. The maximum Gasteiger partial charge on any atom is 0.229 e. The van der Waals surface area contributed by atoms with Crippen LogP contribution in [0.5, 0.6) is 0 Å². The van der Waals surface area contributed by atoms with Crippen LogP contribution in [0.4, 0.5) is 17.5 Å². The Kier molecular flexibility index (Phi) is 4.69. The molecule has 0 atom stereocenters. The molecular weight excluding hydrogens is 272 g/mol. The van der Waals surface area contributed by atoms with Crippen LogP contribution in [0.25, 0.3) is 0 Å². The van der Waals surface area contributed by atoms with Gasteiger partial charge in [-0.05, 0) is 37.8 Å². The summed E-state index contributed by atoms with van der Waals surface area (Å²) in [4.78, 5) is 9.06. The third-order valence-corrected chi connectivity index (χ3v) is 3.27. The van der Waals surface area contributed by atoms with E-state index in [1.54, 1.807) is 0 Å². The van der Waals surface area contributed by atoms with Gasteiger partial charge in [-0.15, -0.1) is 0 Å². The summed E-state index contributed by atoms with van der Waals surface area (Å²) in [5, 5.41) is 6.70. The number of aromatic nitrogens is 2. The number of nitrogens with zero attached hydrogens (tertiary/aromatic N) is 2. The first kappa shape index (κ1) is 16.3. The van der Waals surface area contributed by atoms with Crippen molar-refractivity contribution in [3.05, 3.63) is 41.6 Å². The van der Waals surface area contributed by atoms with E-state index in [1.807, 2.05) is 19.1 Å². The van der Waals surface area contributed by atoms with Crippen molar-refractivity contribution in [2.24, 2.45) is 0 Å². The average molecular weight is 298 g/mol. The minimum atomic E-state index is 0.0619. The normalized spacial score (nSPS) is 11.6. The second-order valence-corrected chi connectivity index (χ2v) is 6.94. The van der Waals surface area contributed by atoms with E-state index in [0.29, 0.717) is 12.0 Å². The van der Waals surface area contributed by atoms with Crippen molar-refractivity contribution in [3.63, 3.8) is 0 Å². The molecule has 1 aromatic heterocycles. The van der Waals surface area contributed by atoms with E-state index < -0.39 is 0 Å². The van der Waals surface area contributed by atoms with E-state index in [2.05, 4.69) is 73.4 Å². The summed E-state index contributed by atoms with van der Waals surface area (Å²) in [6, 6.07) is 10.6. The first-order valence-corrected chi connectivity index (χ1v) is 7.74. The van der Waals surface area contributed by atoms with E-state index in [1.165, 1.54) is 5.56 Å². The molecule has 22 heavy (non-hydrogen) atoms. The van der Waals surface area contributed by atoms with Gasteiger partial charge in [-0.25, -0.2) is 4.98 Å². The average Bonchev–Trinajstić information content (AvgIpc) is 2.36. The molecule has 0 aliphatic rings. The third-order valence-electron chi connectivity index (χ3n) is 3.27. The summed E-state index contributed by atoms with van der Waals surface area (Å²) in [5.41, 5.74) is 3.30. The van der Waals surface area contributed by atoms with Crippen molar-refractivity contribution in [2.75, 3.05) is 10.6 Å². The Morgan fingerprint density at radius 1 is 1.05 bits per heavy atom. The second kappa shape index (κ2) is 6.34. The molecule has 2 aromatic rings. The van der Waals surface area contributed by atoms with E-state index in [0.717, 1.165) is 17.2 Å². The molecule has 0 aliphatic carbocycles. The largest absolute Gasteiger partial charge is 0.368 e. The highest BCUT2D eigenvalue weighted by atomic mass is 15.1. The van der Waals surface area contributed by atoms with Crippen LogP contribution < -0.4 is 10.6 Å². The van der Waals surface area contributed by atoms with Crippen LogP contribution in [0, 0.1) is 6.92 Å². The molecule has 2 rings (SSSR count). The molecule has 0 saturated heterocycles. The monoisotopic (exact) mass is 298 g/mol. The van der Waals surface area contributed by atoms with Gasteiger partial charge in [0.25, 0.3) is 0 Å². The quantitative estimate of drug-likeness (QED) is 0.863. The van der Waals surface area contributed by atoms with E-state index in [9.17, 15) is 0 Å². The minimum absolute atomic E-state index is 0.0619. The molecule has 1 heterocycles. The molecule has 0 saturated carbocycles. The van der Waals surface area contributed by atoms with Crippen molar-refractivity contribution in [2.45, 2.75) is 53.0 Å². The SMILES string of the molecule is Cc1cc(NC(C)C)nc(Nc2ccccc2C(C)(C)C)n1. The Hall–Kier alpha value is -2.10. The smallest absolute Gasteiger partial charge is 0.229 e. The molecule has 4 nitrogen and oxygen atoms in total. The summed E-state index contributed by atoms with van der Waals surface area (Å²) >= 11 is 0. The number of aryl methyl sites for hydroxylation is 1. The first-order chi connectivity index (χ1) is 10.3. The molecule has 2 N–H and O–H groups in total. The van der Waals surface area contributed by atoms with Crippen LogP contribution in [0.2, 0.25) is 0 Å². The van der Waals surface area contributed by atoms with Crippen LogP contribution in [0.1, 0.15) is 45.9 Å². The second-order valence-electron chi connectivity index (χ2n) is 6.94. The van der Waals surface area contributed by atoms with E-state index >= 15 is 0 Å². The number of benzene rings is 1. The van der Waals surface area contributed by atoms with Gasteiger partial charge >= 0.3 is 0 Å². The lowest BCUT2D eigenvalue weighted by Gasteiger charge is -2.23. The van der Waals surface area contributed by atoms with Crippen LogP contribution in [-0.4, -0.2) is 16.0 Å². The fourth-order valence-electron chi connectivity index (χ4n) is 2.36. The Bertz CT molecular complexity index is 642. The first-order valence-electron chi connectivity index (χ1n) is 7.74. The highest BCUT2D eigenvalue weighted by molar-refractivity contribution is 5.61. The fraction of sp³-hybridized carbons (Fsp3) is 0.444. The molecular formula is C18H26N4. The molecule has 0 amide bonds. The molecule has 118 valence electrons. The van der Waals surface area contributed by atoms with Crippen molar-refractivity contribution in [3.8, 4) is 0 Å². The molecule has 1 aromatic carbocycles. The zero-order valence-corrected chi connectivity index (χ0v) is 14.4. The van der Waals surface area contributed by atoms with Gasteiger partial charge in [0.05, 0.1) is 0 Å². The number of anilines is 3. The summed E-state index contributed by atoms with van der Waals surface area (Å²) in [7, 11) is 0. The summed E-state index contributed by atoms with van der Waals surface area (Å²) < 4.78 is 0. The van der Waals surface area contributed by atoms with Gasteiger partial charge in [0.15, 0.2) is 0 Å². The summed E-state index contributed by atoms with van der Waals surface area (Å²) in [5.74, 6) is 1.47. The zero-order valence-electron chi connectivity index (χ0n) is 14.4. The number of hydrogen-bond acceptors (Lipinski definition) is 4. The Labute approximate surface area is 133 Å². The van der Waals surface area contributed by atoms with Crippen LogP contribution >= 0.6 is 0 Å². The van der Waals surface area contributed by atoms with E-state index in [4.69, 9.17) is 0 Å². The standard InChI is InChI=1S/C18H26N4/c1-12(2)19-16-11-13(3)20-17(22-16)21-15-10-8-7-9-14(15)18(4,5)6/h7-12H,1-6H3,(H2,19,20,21,22). The van der Waals surface area contributed by atoms with Crippen molar-refractivity contribution in [1.82, 2.24) is 9.97 Å². The predicted molar refractivity (Wildman–Crippen MR) is 94.0 cm³/mol. The fourth-order valence-corrected chi connectivity index (χ4v) is 2.36. The van der Waals surface area contributed by atoms with Crippen LogP contribution in [-0.2, 0) is 5.41 Å². The van der Waals surface area contributed by atoms with Crippen LogP contribution in [0.3, 0.4) is 0 Å². The van der Waals surface area contributed by atoms with E-state index in [-0.39, 0.29) is 5.41 Å². The topological polar surface area (TPSA) is 49.8 Å². The zero-order chi connectivity index (χ0) is 16.3. The van der Waals surface area contributed by atoms with Gasteiger partial charge in [0, 0.05) is 23.5 Å². The van der Waals surface area contributed by atoms with Gasteiger partial charge < -0.3 is 10.6 Å². The number of rotatable bonds is 4. The predicted octanol–water partition coefficient (Wildman–Crippen LogP) is 4.65. The van der Waals surface area contributed by atoms with Gasteiger partial charge in [-0.1, -0.05) is 39.0 Å². The minimum Gasteiger partial charge on any atom is -0.368 e. The lowest BCUT2D eigenvalue weighted by atomic mass is 9.86. The Morgan fingerprint density at radius 2 is 1.73 bits per heavy atom. The van der Waals surface area contributed by atoms with Crippen molar-refractivity contribution >= 4 is 17.5 Å². The van der Waals surface area contributed by atoms with Crippen LogP contribution in [0.15, 0.2) is 30.3 Å². The molecule has 0 aliphatic heterocycles. The maximum atomic E-state index is 4.56. The molecule has 0 unspecified atom stereocenters. The summed E-state index contributed by atoms with van der Waals surface area (Å²) in [6.45, 7) is 12.8. The molecule has 0 spiro atoms. The summed E-state index contributed by atoms with van der Waals surface area (Å²) in [6.07, 6.45) is 0. The number of nitrogens with one attached hydrogen (secondary N) is 2.